The average molecular weight is 607 g/mol. The molecule has 11 unspecified atom stereocenters. The molecule has 0 aromatic carbocycles. The van der Waals surface area contributed by atoms with Crippen LogP contribution in [0, 0.1) is 28.6 Å². The fourth-order valence-corrected chi connectivity index (χ4v) is 8.60. The lowest BCUT2D eigenvalue weighted by atomic mass is 9.42. The van der Waals surface area contributed by atoms with Crippen molar-refractivity contribution in [1.82, 2.24) is 0 Å². The summed E-state index contributed by atoms with van der Waals surface area (Å²) in [5.41, 5.74) is -1.63. The molecule has 3 aliphatic heterocycles. The molecule has 1 spiro atoms. The zero-order valence-electron chi connectivity index (χ0n) is 26.1. The summed E-state index contributed by atoms with van der Waals surface area (Å²) < 4.78 is 41.0. The van der Waals surface area contributed by atoms with Gasteiger partial charge in [-0.25, -0.2) is 0 Å². The molecule has 0 radical (unpaired) electrons. The molecule has 240 valence electrons. The molecule has 0 bridgehead atoms. The first-order valence-electron chi connectivity index (χ1n) is 15.6. The first-order valence-corrected chi connectivity index (χ1v) is 15.6. The van der Waals surface area contributed by atoms with Gasteiger partial charge in [-0.1, -0.05) is 20.3 Å². The van der Waals surface area contributed by atoms with E-state index in [1.165, 1.54) is 13.8 Å². The van der Waals surface area contributed by atoms with E-state index < -0.39 is 47.2 Å². The standard InChI is InChI=1S/C32H46O11/c1-18-12-26(42-22(5)34)32(17-38-27(35)13-20(3)41-28(36)14-19(2)40-21(4)33)24(8-7-10-31(32)16-39-31)30(18,6)25-15-23-9-11-37-29(23)43-25/h9,11,18-20,23-26,29H,7-8,10,12-17H2,1-6H3. The highest BCUT2D eigenvalue weighted by Crippen LogP contribution is 2.70. The van der Waals surface area contributed by atoms with E-state index in [1.54, 1.807) is 20.1 Å². The lowest BCUT2D eigenvalue weighted by Gasteiger charge is -2.64. The van der Waals surface area contributed by atoms with Gasteiger partial charge in [0.15, 0.2) is 0 Å². The van der Waals surface area contributed by atoms with Crippen molar-refractivity contribution in [2.45, 2.75) is 123 Å². The van der Waals surface area contributed by atoms with Crippen LogP contribution in [0.5, 0.6) is 0 Å². The number of carbonyl (C=O) groups excluding carboxylic acids is 4. The van der Waals surface area contributed by atoms with E-state index in [4.69, 9.17) is 33.2 Å². The van der Waals surface area contributed by atoms with Crippen LogP contribution in [-0.4, -0.2) is 73.4 Å². The highest BCUT2D eigenvalue weighted by Gasteiger charge is 2.76. The number of rotatable bonds is 10. The molecule has 2 saturated carbocycles. The van der Waals surface area contributed by atoms with E-state index in [-0.39, 0.29) is 61.0 Å². The van der Waals surface area contributed by atoms with Gasteiger partial charge in [-0.05, 0) is 57.4 Å². The van der Waals surface area contributed by atoms with Crippen LogP contribution in [0.3, 0.4) is 0 Å². The van der Waals surface area contributed by atoms with Crippen molar-refractivity contribution in [2.24, 2.45) is 28.6 Å². The number of hydrogen-bond acceptors (Lipinski definition) is 11. The van der Waals surface area contributed by atoms with E-state index in [0.29, 0.717) is 13.0 Å². The van der Waals surface area contributed by atoms with Gasteiger partial charge in [-0.3, -0.25) is 19.2 Å². The maximum Gasteiger partial charge on any atom is 0.309 e. The van der Waals surface area contributed by atoms with Gasteiger partial charge in [-0.15, -0.1) is 0 Å². The van der Waals surface area contributed by atoms with Crippen LogP contribution in [0.2, 0.25) is 0 Å². The molecular weight excluding hydrogens is 560 g/mol. The quantitative estimate of drug-likeness (QED) is 0.203. The molecule has 11 heteroatoms. The predicted octanol–water partition coefficient (Wildman–Crippen LogP) is 4.00. The summed E-state index contributed by atoms with van der Waals surface area (Å²) in [6.45, 7) is 10.9. The van der Waals surface area contributed by atoms with Crippen LogP contribution in [0.15, 0.2) is 12.3 Å². The molecular formula is C32H46O11. The summed E-state index contributed by atoms with van der Waals surface area (Å²) in [4.78, 5) is 49.1. The largest absolute Gasteiger partial charge is 0.472 e. The van der Waals surface area contributed by atoms with E-state index in [0.717, 1.165) is 25.7 Å². The summed E-state index contributed by atoms with van der Waals surface area (Å²) in [7, 11) is 0. The monoisotopic (exact) mass is 606 g/mol. The maximum absolute atomic E-state index is 13.2. The van der Waals surface area contributed by atoms with E-state index in [9.17, 15) is 19.2 Å². The third-order valence-electron chi connectivity index (χ3n) is 10.7. The number of carbonyl (C=O) groups is 4. The Labute approximate surface area is 253 Å². The number of esters is 4. The minimum atomic E-state index is -0.759. The van der Waals surface area contributed by atoms with E-state index in [2.05, 4.69) is 19.9 Å². The normalized spacial score (nSPS) is 40.4. The van der Waals surface area contributed by atoms with Crippen molar-refractivity contribution in [3.8, 4) is 0 Å². The van der Waals surface area contributed by atoms with Crippen LogP contribution in [-0.2, 0) is 52.3 Å². The fourth-order valence-electron chi connectivity index (χ4n) is 8.60. The summed E-state index contributed by atoms with van der Waals surface area (Å²) in [5, 5.41) is 0. The van der Waals surface area contributed by atoms with Gasteiger partial charge in [-0.2, -0.15) is 0 Å². The van der Waals surface area contributed by atoms with Crippen LogP contribution >= 0.6 is 0 Å². The molecule has 0 aromatic rings. The van der Waals surface area contributed by atoms with E-state index in [1.807, 2.05) is 0 Å². The average Bonchev–Trinajstić information content (AvgIpc) is 3.33. The van der Waals surface area contributed by atoms with Crippen LogP contribution < -0.4 is 0 Å². The Kier molecular flexibility index (Phi) is 8.88. The Morgan fingerprint density at radius 1 is 1.00 bits per heavy atom. The minimum Gasteiger partial charge on any atom is -0.472 e. The van der Waals surface area contributed by atoms with Gasteiger partial charge in [0, 0.05) is 25.2 Å². The van der Waals surface area contributed by atoms with Crippen molar-refractivity contribution in [1.29, 1.82) is 0 Å². The molecule has 2 aliphatic carbocycles. The fraction of sp³-hybridized carbons (Fsp3) is 0.812. The SMILES string of the molecule is CC(=O)OC(C)CC(=O)OC(C)CC(=O)OCC12C(OC(C)=O)CC(C)C(C)(C3CC4C=COC4O3)C1CCCC21CO1. The zero-order chi connectivity index (χ0) is 31.2. The Bertz CT molecular complexity index is 1130. The predicted molar refractivity (Wildman–Crippen MR) is 150 cm³/mol. The van der Waals surface area contributed by atoms with Crippen molar-refractivity contribution >= 4 is 23.9 Å². The molecule has 2 saturated heterocycles. The van der Waals surface area contributed by atoms with Gasteiger partial charge < -0.3 is 33.2 Å². The molecule has 43 heavy (non-hydrogen) atoms. The highest BCUT2D eigenvalue weighted by atomic mass is 16.7. The summed E-state index contributed by atoms with van der Waals surface area (Å²) in [6.07, 6.45) is 5.31. The molecule has 0 amide bonds. The molecule has 0 N–H and O–H groups in total. The Hall–Kier alpha value is -2.66. The van der Waals surface area contributed by atoms with Crippen molar-refractivity contribution in [3.05, 3.63) is 12.3 Å². The van der Waals surface area contributed by atoms with Gasteiger partial charge in [0.1, 0.15) is 30.5 Å². The Balaban J connectivity index is 1.34. The third-order valence-corrected chi connectivity index (χ3v) is 10.7. The van der Waals surface area contributed by atoms with E-state index >= 15 is 0 Å². The van der Waals surface area contributed by atoms with Crippen molar-refractivity contribution < 1.29 is 52.3 Å². The van der Waals surface area contributed by atoms with Crippen LogP contribution in [0.4, 0.5) is 0 Å². The maximum atomic E-state index is 13.2. The molecule has 5 rings (SSSR count). The second-order valence-corrected chi connectivity index (χ2v) is 13.5. The second kappa shape index (κ2) is 12.0. The molecule has 4 fully saturated rings. The highest BCUT2D eigenvalue weighted by molar-refractivity contribution is 5.73. The lowest BCUT2D eigenvalue weighted by Crippen LogP contribution is -2.69. The zero-order valence-corrected chi connectivity index (χ0v) is 26.1. The van der Waals surface area contributed by atoms with Gasteiger partial charge in [0.05, 0.1) is 37.2 Å². The molecule has 3 heterocycles. The lowest BCUT2D eigenvalue weighted by molar-refractivity contribution is -0.254. The number of epoxide rings is 1. The van der Waals surface area contributed by atoms with Crippen LogP contribution in [0.1, 0.15) is 86.5 Å². The molecule has 5 aliphatic rings. The Morgan fingerprint density at radius 3 is 2.35 bits per heavy atom. The van der Waals surface area contributed by atoms with Gasteiger partial charge >= 0.3 is 23.9 Å². The topological polar surface area (TPSA) is 136 Å². The van der Waals surface area contributed by atoms with Crippen molar-refractivity contribution in [2.75, 3.05) is 13.2 Å². The minimum absolute atomic E-state index is 0.0111. The van der Waals surface area contributed by atoms with Crippen molar-refractivity contribution in [3.63, 3.8) is 0 Å². The first kappa shape index (κ1) is 31.8. The van der Waals surface area contributed by atoms with Gasteiger partial charge in [0.25, 0.3) is 0 Å². The second-order valence-electron chi connectivity index (χ2n) is 13.5. The summed E-state index contributed by atoms with van der Waals surface area (Å²) in [6, 6.07) is 0. The van der Waals surface area contributed by atoms with Gasteiger partial charge in [0.2, 0.25) is 6.29 Å². The number of fused-ring (bicyclic) bond motifs is 3. The van der Waals surface area contributed by atoms with Crippen LogP contribution in [0.25, 0.3) is 0 Å². The third kappa shape index (κ3) is 5.91. The molecule has 11 atom stereocenters. The number of hydrogen-bond donors (Lipinski definition) is 0. The summed E-state index contributed by atoms with van der Waals surface area (Å²) in [5.74, 6) is -1.61. The smallest absolute Gasteiger partial charge is 0.309 e. The summed E-state index contributed by atoms with van der Waals surface area (Å²) >= 11 is 0. The first-order chi connectivity index (χ1) is 20.3. The molecule has 0 aromatic heterocycles. The number of ether oxygens (including phenoxy) is 7. The molecule has 11 nitrogen and oxygen atoms in total. The Morgan fingerprint density at radius 2 is 1.70 bits per heavy atom.